The van der Waals surface area contributed by atoms with Crippen molar-refractivity contribution in [2.24, 2.45) is 5.73 Å². The zero-order chi connectivity index (χ0) is 14.5. The number of hydrogen-bond donors (Lipinski definition) is 3. The Labute approximate surface area is 116 Å². The third-order valence-corrected chi connectivity index (χ3v) is 3.02. The van der Waals surface area contributed by atoms with E-state index in [1.807, 2.05) is 42.5 Å². The zero-order valence-electron chi connectivity index (χ0n) is 10.9. The van der Waals surface area contributed by atoms with Crippen LogP contribution in [-0.4, -0.2) is 29.6 Å². The fourth-order valence-corrected chi connectivity index (χ4v) is 2.01. The number of nitrogens with one attached hydrogen (secondary N) is 1. The van der Waals surface area contributed by atoms with Gasteiger partial charge >= 0.3 is 5.97 Å². The van der Waals surface area contributed by atoms with Gasteiger partial charge < -0.3 is 16.2 Å². The van der Waals surface area contributed by atoms with Crippen LogP contribution in [0.25, 0.3) is 10.8 Å². The van der Waals surface area contributed by atoms with Gasteiger partial charge in [0.15, 0.2) is 0 Å². The molecule has 2 aromatic rings. The summed E-state index contributed by atoms with van der Waals surface area (Å²) in [6.45, 7) is -0.412. The predicted octanol–water partition coefficient (Wildman–Crippen LogP) is 0.910. The molecule has 0 aliphatic heterocycles. The van der Waals surface area contributed by atoms with Crippen molar-refractivity contribution in [1.29, 1.82) is 0 Å². The summed E-state index contributed by atoms with van der Waals surface area (Å²) in [5.41, 5.74) is 6.72. The molecule has 20 heavy (non-hydrogen) atoms. The van der Waals surface area contributed by atoms with E-state index in [4.69, 9.17) is 10.8 Å². The van der Waals surface area contributed by atoms with Gasteiger partial charge in [0.05, 0.1) is 6.04 Å². The normalized spacial score (nSPS) is 12.1. The Morgan fingerprint density at radius 3 is 2.55 bits per heavy atom. The molecule has 0 aliphatic carbocycles. The maximum atomic E-state index is 11.6. The van der Waals surface area contributed by atoms with E-state index < -0.39 is 24.5 Å². The highest BCUT2D eigenvalue weighted by Gasteiger charge is 2.14. The van der Waals surface area contributed by atoms with E-state index in [9.17, 15) is 9.59 Å². The fourth-order valence-electron chi connectivity index (χ4n) is 2.01. The lowest BCUT2D eigenvalue weighted by Crippen LogP contribution is -2.43. The predicted molar refractivity (Wildman–Crippen MR) is 76.3 cm³/mol. The van der Waals surface area contributed by atoms with E-state index >= 15 is 0 Å². The fraction of sp³-hybridized carbons (Fsp3) is 0.200. The summed E-state index contributed by atoms with van der Waals surface area (Å²) in [7, 11) is 0. The van der Waals surface area contributed by atoms with Crippen molar-refractivity contribution in [3.63, 3.8) is 0 Å². The molecule has 4 N–H and O–H groups in total. The summed E-state index contributed by atoms with van der Waals surface area (Å²) < 4.78 is 0. The molecular formula is C15H16N2O3. The maximum absolute atomic E-state index is 11.6. The Morgan fingerprint density at radius 2 is 1.85 bits per heavy atom. The molecule has 1 atom stereocenters. The van der Waals surface area contributed by atoms with Gasteiger partial charge in [0.2, 0.25) is 5.91 Å². The SMILES string of the molecule is N[C@@H](Cc1ccc2ccccc2c1)C(=O)NCC(=O)O. The summed E-state index contributed by atoms with van der Waals surface area (Å²) >= 11 is 0. The first-order valence-electron chi connectivity index (χ1n) is 6.29. The summed E-state index contributed by atoms with van der Waals surface area (Å²) in [6, 6.07) is 13.1. The minimum atomic E-state index is -1.09. The highest BCUT2D eigenvalue weighted by atomic mass is 16.4. The van der Waals surface area contributed by atoms with Gasteiger partial charge in [-0.25, -0.2) is 0 Å². The van der Waals surface area contributed by atoms with Gasteiger partial charge in [-0.2, -0.15) is 0 Å². The molecule has 1 amide bonds. The molecule has 0 spiro atoms. The van der Waals surface area contributed by atoms with Gasteiger partial charge in [-0.3, -0.25) is 9.59 Å². The van der Waals surface area contributed by atoms with Crippen LogP contribution in [-0.2, 0) is 16.0 Å². The van der Waals surface area contributed by atoms with Gasteiger partial charge in [-0.1, -0.05) is 42.5 Å². The largest absolute Gasteiger partial charge is 0.480 e. The standard InChI is InChI=1S/C15H16N2O3/c16-13(15(20)17-9-14(18)19)8-10-5-6-11-3-1-2-4-12(11)7-10/h1-7,13H,8-9,16H2,(H,17,20)(H,18,19)/t13-/m0/s1. The van der Waals surface area contributed by atoms with E-state index in [1.165, 1.54) is 0 Å². The molecule has 5 heteroatoms. The van der Waals surface area contributed by atoms with Crippen LogP contribution in [0.3, 0.4) is 0 Å². The molecule has 0 heterocycles. The molecule has 0 unspecified atom stereocenters. The highest BCUT2D eigenvalue weighted by Crippen LogP contribution is 2.16. The minimum Gasteiger partial charge on any atom is -0.480 e. The van der Waals surface area contributed by atoms with E-state index in [2.05, 4.69) is 5.32 Å². The van der Waals surface area contributed by atoms with Crippen LogP contribution in [0.2, 0.25) is 0 Å². The maximum Gasteiger partial charge on any atom is 0.322 e. The van der Waals surface area contributed by atoms with Crippen LogP contribution in [0.15, 0.2) is 42.5 Å². The second-order valence-corrected chi connectivity index (χ2v) is 4.60. The Balaban J connectivity index is 2.03. The number of amides is 1. The first-order chi connectivity index (χ1) is 9.56. The quantitative estimate of drug-likeness (QED) is 0.754. The second-order valence-electron chi connectivity index (χ2n) is 4.60. The average molecular weight is 272 g/mol. The molecule has 0 saturated carbocycles. The van der Waals surface area contributed by atoms with Gasteiger partial charge in [0.1, 0.15) is 6.54 Å². The molecule has 0 aromatic heterocycles. The summed E-state index contributed by atoms with van der Waals surface area (Å²) in [5.74, 6) is -1.54. The average Bonchev–Trinajstić information content (AvgIpc) is 2.44. The first-order valence-corrected chi connectivity index (χ1v) is 6.29. The van der Waals surface area contributed by atoms with Crippen LogP contribution in [0.5, 0.6) is 0 Å². The molecular weight excluding hydrogens is 256 g/mol. The summed E-state index contributed by atoms with van der Waals surface area (Å²) in [4.78, 5) is 22.0. The van der Waals surface area contributed by atoms with E-state index in [0.29, 0.717) is 6.42 Å². The molecule has 2 rings (SSSR count). The van der Waals surface area contributed by atoms with Crippen molar-refractivity contribution < 1.29 is 14.7 Å². The number of fused-ring (bicyclic) bond motifs is 1. The minimum absolute atomic E-state index is 0.371. The van der Waals surface area contributed by atoms with Crippen molar-refractivity contribution in [2.75, 3.05) is 6.54 Å². The number of benzene rings is 2. The number of carboxylic acids is 1. The van der Waals surface area contributed by atoms with Crippen molar-refractivity contribution >= 4 is 22.6 Å². The number of nitrogens with two attached hydrogens (primary N) is 1. The van der Waals surface area contributed by atoms with Gasteiger partial charge in [0, 0.05) is 0 Å². The van der Waals surface area contributed by atoms with Crippen molar-refractivity contribution in [2.45, 2.75) is 12.5 Å². The van der Waals surface area contributed by atoms with E-state index in [0.717, 1.165) is 16.3 Å². The Morgan fingerprint density at radius 1 is 1.15 bits per heavy atom. The smallest absolute Gasteiger partial charge is 0.322 e. The third kappa shape index (κ3) is 3.55. The summed E-state index contributed by atoms with van der Waals surface area (Å²) in [5, 5.41) is 13.0. The molecule has 0 bridgehead atoms. The number of carbonyl (C=O) groups is 2. The molecule has 5 nitrogen and oxygen atoms in total. The number of rotatable bonds is 5. The van der Waals surface area contributed by atoms with Crippen LogP contribution in [0.4, 0.5) is 0 Å². The van der Waals surface area contributed by atoms with Crippen LogP contribution in [0.1, 0.15) is 5.56 Å². The van der Waals surface area contributed by atoms with Crippen LogP contribution >= 0.6 is 0 Å². The number of carboxylic acid groups (broad SMARTS) is 1. The van der Waals surface area contributed by atoms with Crippen molar-refractivity contribution in [3.8, 4) is 0 Å². The van der Waals surface area contributed by atoms with Gasteiger partial charge in [-0.05, 0) is 22.8 Å². The Hall–Kier alpha value is -2.40. The molecule has 2 aromatic carbocycles. The van der Waals surface area contributed by atoms with Crippen molar-refractivity contribution in [1.82, 2.24) is 5.32 Å². The lowest BCUT2D eigenvalue weighted by atomic mass is 10.0. The number of hydrogen-bond acceptors (Lipinski definition) is 3. The van der Waals surface area contributed by atoms with Crippen molar-refractivity contribution in [3.05, 3.63) is 48.0 Å². The highest BCUT2D eigenvalue weighted by molar-refractivity contribution is 5.86. The monoisotopic (exact) mass is 272 g/mol. The Kier molecular flexibility index (Phi) is 4.32. The first kappa shape index (κ1) is 14.0. The van der Waals surface area contributed by atoms with Crippen LogP contribution in [0, 0.1) is 0 Å². The third-order valence-electron chi connectivity index (χ3n) is 3.02. The zero-order valence-corrected chi connectivity index (χ0v) is 10.9. The van der Waals surface area contributed by atoms with E-state index in [1.54, 1.807) is 0 Å². The molecule has 0 saturated heterocycles. The van der Waals surface area contributed by atoms with E-state index in [-0.39, 0.29) is 0 Å². The number of carbonyl (C=O) groups excluding carboxylic acids is 1. The van der Waals surface area contributed by atoms with Crippen LogP contribution < -0.4 is 11.1 Å². The molecule has 0 fully saturated rings. The lowest BCUT2D eigenvalue weighted by molar-refractivity contribution is -0.138. The molecule has 0 aliphatic rings. The second kappa shape index (κ2) is 6.16. The lowest BCUT2D eigenvalue weighted by Gasteiger charge is -2.11. The summed E-state index contributed by atoms with van der Waals surface area (Å²) in [6.07, 6.45) is 0.371. The topological polar surface area (TPSA) is 92.4 Å². The van der Waals surface area contributed by atoms with Gasteiger partial charge in [-0.15, -0.1) is 0 Å². The number of aliphatic carboxylic acids is 1. The Bertz CT molecular complexity index is 640. The molecule has 104 valence electrons. The van der Waals surface area contributed by atoms with Gasteiger partial charge in [0.25, 0.3) is 0 Å². The molecule has 0 radical (unpaired) electrons.